The summed E-state index contributed by atoms with van der Waals surface area (Å²) in [5, 5.41) is 0. The van der Waals surface area contributed by atoms with Gasteiger partial charge in [0.05, 0.1) is 5.69 Å². The summed E-state index contributed by atoms with van der Waals surface area (Å²) in [5.74, 6) is 0.902. The van der Waals surface area contributed by atoms with Crippen LogP contribution in [-0.4, -0.2) is 15.8 Å². The number of nitrogens with zero attached hydrogens (tertiary/aromatic N) is 1. The minimum atomic E-state index is -0.567. The molecule has 0 N–H and O–H groups in total. The lowest BCUT2D eigenvalue weighted by atomic mass is 9.89. The largest absolute Gasteiger partial charge is 0.456 e. The molecule has 1 aromatic carbocycles. The smallest absolute Gasteiger partial charge is 0.334 e. The molecular weight excluding hydrogens is 409 g/mol. The van der Waals surface area contributed by atoms with Crippen LogP contribution in [0.25, 0.3) is 0 Å². The Balaban J connectivity index is 2.12. The number of ether oxygens (including phenoxy) is 2. The van der Waals surface area contributed by atoms with E-state index in [0.29, 0.717) is 29.3 Å². The van der Waals surface area contributed by atoms with Crippen molar-refractivity contribution in [1.82, 2.24) is 4.98 Å². The van der Waals surface area contributed by atoms with Gasteiger partial charge in [0.1, 0.15) is 17.2 Å². The number of hydrogen-bond acceptors (Lipinski definition) is 4. The van der Waals surface area contributed by atoms with Gasteiger partial charge < -0.3 is 9.47 Å². The number of aromatic nitrogens is 1. The zero-order valence-electron chi connectivity index (χ0n) is 17.2. The molecule has 0 radical (unpaired) electrons. The Morgan fingerprint density at radius 2 is 1.66 bits per heavy atom. The van der Waals surface area contributed by atoms with Gasteiger partial charge in [-0.25, -0.2) is 9.78 Å². The van der Waals surface area contributed by atoms with Crippen molar-refractivity contribution in [2.45, 2.75) is 45.6 Å². The van der Waals surface area contributed by atoms with Gasteiger partial charge in [-0.2, -0.15) is 0 Å². The third-order valence-corrected chi connectivity index (χ3v) is 4.62. The SMILES string of the molecule is CC(C)C(CC(Cl)Cl)=C(C(=O)OCc1cccc(Oc2ccccc2)n1)C(C)C. The number of carbonyl (C=O) groups is 1. The van der Waals surface area contributed by atoms with Crippen LogP contribution in [0.5, 0.6) is 11.6 Å². The van der Waals surface area contributed by atoms with Crippen LogP contribution < -0.4 is 4.74 Å². The Morgan fingerprint density at radius 3 is 2.24 bits per heavy atom. The van der Waals surface area contributed by atoms with Crippen LogP contribution in [0.15, 0.2) is 59.7 Å². The quantitative estimate of drug-likeness (QED) is 0.249. The molecule has 0 saturated carbocycles. The minimum Gasteiger partial charge on any atom is -0.456 e. The van der Waals surface area contributed by atoms with Gasteiger partial charge in [0.2, 0.25) is 5.88 Å². The molecule has 1 heterocycles. The molecule has 1 aromatic heterocycles. The summed E-state index contributed by atoms with van der Waals surface area (Å²) in [4.78, 5) is 16.7. The maximum absolute atomic E-state index is 12.8. The van der Waals surface area contributed by atoms with Crippen molar-refractivity contribution in [3.05, 3.63) is 65.4 Å². The fourth-order valence-corrected chi connectivity index (χ4v) is 3.31. The summed E-state index contributed by atoms with van der Waals surface area (Å²) in [6.07, 6.45) is 0.433. The number of rotatable bonds is 9. The summed E-state index contributed by atoms with van der Waals surface area (Å²) in [7, 11) is 0. The second-order valence-electron chi connectivity index (χ2n) is 7.30. The van der Waals surface area contributed by atoms with Crippen molar-refractivity contribution in [2.24, 2.45) is 11.8 Å². The van der Waals surface area contributed by atoms with Crippen LogP contribution in [0, 0.1) is 11.8 Å². The first-order valence-electron chi connectivity index (χ1n) is 9.65. The van der Waals surface area contributed by atoms with E-state index in [1.807, 2.05) is 64.1 Å². The summed E-state index contributed by atoms with van der Waals surface area (Å²) in [5.41, 5.74) is 2.16. The highest BCUT2D eigenvalue weighted by molar-refractivity contribution is 6.44. The second kappa shape index (κ2) is 11.2. The molecule has 0 unspecified atom stereocenters. The van der Waals surface area contributed by atoms with Crippen molar-refractivity contribution >= 4 is 29.2 Å². The van der Waals surface area contributed by atoms with E-state index in [1.54, 1.807) is 12.1 Å². The lowest BCUT2D eigenvalue weighted by molar-refractivity contribution is -0.141. The summed E-state index contributed by atoms with van der Waals surface area (Å²) < 4.78 is 11.3. The maximum Gasteiger partial charge on any atom is 0.334 e. The highest BCUT2D eigenvalue weighted by Crippen LogP contribution is 2.29. The molecular formula is C23H27Cl2NO3. The Morgan fingerprint density at radius 1 is 0.966 bits per heavy atom. The second-order valence-corrected chi connectivity index (χ2v) is 8.58. The van der Waals surface area contributed by atoms with Gasteiger partial charge in [-0.05, 0) is 36.5 Å². The van der Waals surface area contributed by atoms with Crippen LogP contribution in [0.2, 0.25) is 0 Å². The van der Waals surface area contributed by atoms with E-state index in [4.69, 9.17) is 32.7 Å². The fourth-order valence-electron chi connectivity index (χ4n) is 2.98. The third-order valence-electron chi connectivity index (χ3n) is 4.31. The van der Waals surface area contributed by atoms with Crippen LogP contribution >= 0.6 is 23.2 Å². The molecule has 0 atom stereocenters. The number of pyridine rings is 1. The fraction of sp³-hybridized carbons (Fsp3) is 0.391. The average Bonchev–Trinajstić information content (AvgIpc) is 2.66. The number of esters is 1. The predicted molar refractivity (Wildman–Crippen MR) is 117 cm³/mol. The van der Waals surface area contributed by atoms with Crippen LogP contribution in [0.4, 0.5) is 0 Å². The summed E-state index contributed by atoms with van der Waals surface area (Å²) in [6.45, 7) is 8.02. The molecule has 2 rings (SSSR count). The lowest BCUT2D eigenvalue weighted by Gasteiger charge is -2.21. The van der Waals surface area contributed by atoms with Crippen molar-refractivity contribution in [1.29, 1.82) is 0 Å². The lowest BCUT2D eigenvalue weighted by Crippen LogP contribution is -2.18. The van der Waals surface area contributed by atoms with Crippen LogP contribution in [0.1, 0.15) is 39.8 Å². The molecule has 156 valence electrons. The van der Waals surface area contributed by atoms with Gasteiger partial charge in [-0.1, -0.05) is 57.5 Å². The number of hydrogen-bond donors (Lipinski definition) is 0. The third kappa shape index (κ3) is 7.37. The van der Waals surface area contributed by atoms with E-state index < -0.39 is 4.84 Å². The van der Waals surface area contributed by atoms with Crippen molar-refractivity contribution < 1.29 is 14.3 Å². The van der Waals surface area contributed by atoms with Gasteiger partial charge in [0.15, 0.2) is 0 Å². The summed E-state index contributed by atoms with van der Waals surface area (Å²) in [6, 6.07) is 14.8. The molecule has 4 nitrogen and oxygen atoms in total. The number of para-hydroxylation sites is 1. The Labute approximate surface area is 182 Å². The predicted octanol–water partition coefficient (Wildman–Crippen LogP) is 6.72. The Bertz CT molecular complexity index is 833. The highest BCUT2D eigenvalue weighted by atomic mass is 35.5. The zero-order valence-corrected chi connectivity index (χ0v) is 18.7. The van der Waals surface area contributed by atoms with Gasteiger partial charge in [0.25, 0.3) is 0 Å². The number of allylic oxidation sites excluding steroid dienone is 1. The van der Waals surface area contributed by atoms with Crippen molar-refractivity contribution in [3.8, 4) is 11.6 Å². The molecule has 0 bridgehead atoms. The first-order valence-corrected chi connectivity index (χ1v) is 10.5. The van der Waals surface area contributed by atoms with E-state index in [-0.39, 0.29) is 24.4 Å². The normalized spacial score (nSPS) is 12.3. The Hall–Kier alpha value is -2.04. The van der Waals surface area contributed by atoms with E-state index >= 15 is 0 Å². The standard InChI is InChI=1S/C23H27Cl2NO3/c1-15(2)19(13-20(24)25)22(16(3)4)23(27)28-14-17-9-8-12-21(26-17)29-18-10-6-5-7-11-18/h5-12,15-16,20H,13-14H2,1-4H3. The average molecular weight is 436 g/mol. The first-order chi connectivity index (χ1) is 13.8. The molecule has 0 amide bonds. The van der Waals surface area contributed by atoms with Crippen molar-refractivity contribution in [3.63, 3.8) is 0 Å². The minimum absolute atomic E-state index is 0.00677. The topological polar surface area (TPSA) is 48.4 Å². The number of carbonyl (C=O) groups excluding carboxylic acids is 1. The van der Waals surface area contributed by atoms with Crippen molar-refractivity contribution in [2.75, 3.05) is 0 Å². The number of halogens is 2. The molecule has 0 saturated heterocycles. The monoisotopic (exact) mass is 435 g/mol. The molecule has 0 aliphatic rings. The van der Waals surface area contributed by atoms with E-state index in [0.717, 1.165) is 5.57 Å². The van der Waals surface area contributed by atoms with Crippen LogP contribution in [0.3, 0.4) is 0 Å². The zero-order chi connectivity index (χ0) is 21.4. The van der Waals surface area contributed by atoms with Gasteiger partial charge in [-0.15, -0.1) is 23.2 Å². The van der Waals surface area contributed by atoms with Gasteiger partial charge >= 0.3 is 5.97 Å². The molecule has 0 aliphatic carbocycles. The van der Waals surface area contributed by atoms with E-state index in [2.05, 4.69) is 4.98 Å². The molecule has 29 heavy (non-hydrogen) atoms. The van der Waals surface area contributed by atoms with Gasteiger partial charge in [0, 0.05) is 11.6 Å². The Kier molecular flexibility index (Phi) is 8.99. The molecule has 2 aromatic rings. The maximum atomic E-state index is 12.8. The van der Waals surface area contributed by atoms with Gasteiger partial charge in [-0.3, -0.25) is 0 Å². The first kappa shape index (κ1) is 23.2. The highest BCUT2D eigenvalue weighted by Gasteiger charge is 2.23. The number of benzene rings is 1. The summed E-state index contributed by atoms with van der Waals surface area (Å²) >= 11 is 12.0. The number of alkyl halides is 2. The molecule has 0 fully saturated rings. The van der Waals surface area contributed by atoms with E-state index in [1.165, 1.54) is 0 Å². The van der Waals surface area contributed by atoms with E-state index in [9.17, 15) is 4.79 Å². The van der Waals surface area contributed by atoms with Crippen LogP contribution in [-0.2, 0) is 16.1 Å². The molecule has 0 aliphatic heterocycles. The molecule has 0 spiro atoms. The molecule has 6 heteroatoms.